The number of amides is 1. The zero-order valence-electron chi connectivity index (χ0n) is 17.8. The van der Waals surface area contributed by atoms with Gasteiger partial charge in [0.25, 0.3) is 0 Å². The Bertz CT molecular complexity index is 834. The number of nitrogens with zero attached hydrogens (tertiary/aromatic N) is 1. The van der Waals surface area contributed by atoms with Gasteiger partial charge in [-0.1, -0.05) is 36.8 Å². The topological polar surface area (TPSA) is 159 Å². The highest BCUT2D eigenvalue weighted by Crippen LogP contribution is 2.46. The lowest BCUT2D eigenvalue weighted by Gasteiger charge is -2.48. The first-order valence-electron chi connectivity index (χ1n) is 10.8. The summed E-state index contributed by atoms with van der Waals surface area (Å²) in [5.41, 5.74) is 11.9. The van der Waals surface area contributed by atoms with Crippen LogP contribution in [0, 0.1) is 0 Å². The number of fused-ring (bicyclic) bond motifs is 1. The molecule has 7 N–H and O–H groups in total. The van der Waals surface area contributed by atoms with Crippen molar-refractivity contribution in [3.8, 4) is 0 Å². The van der Waals surface area contributed by atoms with Crippen molar-refractivity contribution in [1.82, 2.24) is 10.2 Å². The summed E-state index contributed by atoms with van der Waals surface area (Å²) in [7, 11) is 0. The maximum Gasteiger partial charge on any atom is 0.326 e. The van der Waals surface area contributed by atoms with Gasteiger partial charge in [0.2, 0.25) is 5.91 Å². The number of aryl methyl sites for hydroxylation is 1. The molecule has 1 heterocycles. The van der Waals surface area contributed by atoms with Gasteiger partial charge in [0.05, 0.1) is 11.6 Å². The van der Waals surface area contributed by atoms with Gasteiger partial charge in [-0.2, -0.15) is 0 Å². The van der Waals surface area contributed by atoms with Gasteiger partial charge in [-0.05, 0) is 44.6 Å². The van der Waals surface area contributed by atoms with Crippen LogP contribution in [0.25, 0.3) is 0 Å². The molecule has 0 aromatic heterocycles. The van der Waals surface area contributed by atoms with Crippen molar-refractivity contribution in [2.45, 2.75) is 81.2 Å². The Balaban J connectivity index is 1.76. The molecule has 1 amide bonds. The third-order valence-corrected chi connectivity index (χ3v) is 6.80. The second-order valence-corrected chi connectivity index (χ2v) is 8.86. The van der Waals surface area contributed by atoms with Gasteiger partial charge >= 0.3 is 11.9 Å². The van der Waals surface area contributed by atoms with Crippen LogP contribution in [0.15, 0.2) is 30.3 Å². The molecular weight excluding hydrogens is 400 g/mol. The number of aliphatic carboxylic acids is 2. The number of benzene rings is 1. The Labute approximate surface area is 181 Å². The van der Waals surface area contributed by atoms with Gasteiger partial charge < -0.3 is 26.6 Å². The van der Waals surface area contributed by atoms with E-state index in [9.17, 15) is 24.6 Å². The molecule has 5 atom stereocenters. The lowest BCUT2D eigenvalue weighted by Crippen LogP contribution is -2.72. The number of likely N-dealkylation sites (tertiary alicyclic amines) is 1. The highest BCUT2D eigenvalue weighted by atomic mass is 16.4. The van der Waals surface area contributed by atoms with Crippen LogP contribution in [0.1, 0.15) is 51.0 Å². The Kier molecular flexibility index (Phi) is 6.68. The maximum atomic E-state index is 13.4. The number of carboxylic acids is 2. The minimum absolute atomic E-state index is 0.0909. The van der Waals surface area contributed by atoms with Crippen LogP contribution in [0.3, 0.4) is 0 Å². The summed E-state index contributed by atoms with van der Waals surface area (Å²) in [5.74, 6) is -2.75. The normalized spacial score (nSPS) is 29.8. The largest absolute Gasteiger partial charge is 0.480 e. The van der Waals surface area contributed by atoms with E-state index in [2.05, 4.69) is 5.32 Å². The van der Waals surface area contributed by atoms with E-state index in [-0.39, 0.29) is 12.8 Å². The molecule has 2 aliphatic rings. The summed E-state index contributed by atoms with van der Waals surface area (Å²) in [5, 5.41) is 22.3. The van der Waals surface area contributed by atoms with Gasteiger partial charge in [-0.15, -0.1) is 0 Å². The van der Waals surface area contributed by atoms with E-state index < -0.39 is 47.2 Å². The van der Waals surface area contributed by atoms with Gasteiger partial charge in [0, 0.05) is 6.42 Å². The first-order valence-corrected chi connectivity index (χ1v) is 10.8. The van der Waals surface area contributed by atoms with Crippen molar-refractivity contribution in [3.05, 3.63) is 35.9 Å². The first kappa shape index (κ1) is 23.2. The average molecular weight is 433 g/mol. The predicted octanol–water partition coefficient (Wildman–Crippen LogP) is 0.663. The van der Waals surface area contributed by atoms with Crippen LogP contribution >= 0.6 is 0 Å². The number of nitrogens with two attached hydrogens (primary N) is 2. The molecule has 31 heavy (non-hydrogen) atoms. The average Bonchev–Trinajstić information content (AvgIpc) is 2.98. The van der Waals surface area contributed by atoms with E-state index in [1.165, 1.54) is 4.90 Å². The number of nitrogens with one attached hydrogen (secondary N) is 1. The van der Waals surface area contributed by atoms with Crippen molar-refractivity contribution < 1.29 is 24.6 Å². The molecule has 9 heteroatoms. The minimum atomic E-state index is -1.26. The number of carbonyl (C=O) groups excluding carboxylic acids is 1. The molecule has 2 fully saturated rings. The summed E-state index contributed by atoms with van der Waals surface area (Å²) in [6, 6.07) is 6.46. The van der Waals surface area contributed by atoms with Gasteiger partial charge in [-0.3, -0.25) is 14.9 Å². The molecule has 0 radical (unpaired) electrons. The van der Waals surface area contributed by atoms with E-state index in [4.69, 9.17) is 11.5 Å². The fourth-order valence-electron chi connectivity index (χ4n) is 5.02. The highest BCUT2D eigenvalue weighted by Gasteiger charge is 2.63. The third-order valence-electron chi connectivity index (χ3n) is 6.80. The molecule has 1 saturated carbocycles. The number of carboxylic acid groups (broad SMARTS) is 2. The number of hydrogen-bond acceptors (Lipinski definition) is 6. The molecule has 1 aliphatic carbocycles. The fraction of sp³-hybridized carbons (Fsp3) is 0.591. The van der Waals surface area contributed by atoms with Crippen LogP contribution in [0.2, 0.25) is 0 Å². The summed E-state index contributed by atoms with van der Waals surface area (Å²) in [4.78, 5) is 38.3. The van der Waals surface area contributed by atoms with E-state index in [0.29, 0.717) is 19.3 Å². The molecule has 170 valence electrons. The van der Waals surface area contributed by atoms with Crippen LogP contribution in [-0.4, -0.2) is 62.3 Å². The van der Waals surface area contributed by atoms with Crippen molar-refractivity contribution in [3.63, 3.8) is 0 Å². The fourth-order valence-corrected chi connectivity index (χ4v) is 5.02. The summed E-state index contributed by atoms with van der Waals surface area (Å²) in [6.45, 7) is 1.54. The lowest BCUT2D eigenvalue weighted by atomic mass is 9.73. The molecule has 0 spiro atoms. The van der Waals surface area contributed by atoms with E-state index >= 15 is 0 Å². The SMILES string of the molecule is C[C@H](N[C@@H](CCc1ccccc1)C(=O)O)C(=O)N1[C@H](C(=O)O)C[C@@]2(N)CCCC[C@]12N. The van der Waals surface area contributed by atoms with Crippen molar-refractivity contribution >= 4 is 17.8 Å². The molecule has 0 unspecified atom stereocenters. The monoisotopic (exact) mass is 432 g/mol. The maximum absolute atomic E-state index is 13.4. The quantitative estimate of drug-likeness (QED) is 0.401. The van der Waals surface area contributed by atoms with Crippen molar-refractivity contribution in [1.29, 1.82) is 0 Å². The minimum Gasteiger partial charge on any atom is -0.480 e. The summed E-state index contributed by atoms with van der Waals surface area (Å²) < 4.78 is 0. The molecule has 0 bridgehead atoms. The Hall–Kier alpha value is -2.49. The van der Waals surface area contributed by atoms with E-state index in [1.54, 1.807) is 6.92 Å². The zero-order valence-corrected chi connectivity index (χ0v) is 17.8. The Morgan fingerprint density at radius 1 is 1.16 bits per heavy atom. The lowest BCUT2D eigenvalue weighted by molar-refractivity contribution is -0.155. The van der Waals surface area contributed by atoms with Crippen molar-refractivity contribution in [2.75, 3.05) is 0 Å². The molecule has 1 aliphatic heterocycles. The standard InChI is InChI=1S/C22H32N4O5/c1-14(25-16(19(28)29)10-9-15-7-3-2-4-8-15)18(27)26-17(20(30)31)13-21(23)11-5-6-12-22(21,26)24/h2-4,7-8,14,16-17,25H,5-6,9-13,23-24H2,1H3,(H,28,29)(H,30,31)/t14-,16-,17-,21-,22-/m0/s1. The number of rotatable bonds is 8. The highest BCUT2D eigenvalue weighted by molar-refractivity contribution is 5.89. The summed E-state index contributed by atoms with van der Waals surface area (Å²) in [6.07, 6.45) is 3.46. The van der Waals surface area contributed by atoms with Crippen LogP contribution in [-0.2, 0) is 20.8 Å². The van der Waals surface area contributed by atoms with Crippen LogP contribution in [0.4, 0.5) is 0 Å². The molecule has 1 saturated heterocycles. The second kappa shape index (κ2) is 8.94. The number of carbonyl (C=O) groups is 3. The molecule has 1 aromatic carbocycles. The predicted molar refractivity (Wildman–Crippen MR) is 114 cm³/mol. The second-order valence-electron chi connectivity index (χ2n) is 8.86. The Morgan fingerprint density at radius 2 is 1.81 bits per heavy atom. The molecule has 9 nitrogen and oxygen atoms in total. The van der Waals surface area contributed by atoms with Gasteiger partial charge in [0.1, 0.15) is 17.7 Å². The van der Waals surface area contributed by atoms with E-state index in [1.807, 2.05) is 30.3 Å². The third kappa shape index (κ3) is 4.44. The molecule has 1 aromatic rings. The molecule has 3 rings (SSSR count). The number of hydrogen-bond donors (Lipinski definition) is 5. The first-order chi connectivity index (χ1) is 14.6. The van der Waals surface area contributed by atoms with Crippen LogP contribution in [0.5, 0.6) is 0 Å². The van der Waals surface area contributed by atoms with Gasteiger partial charge in [0.15, 0.2) is 0 Å². The van der Waals surface area contributed by atoms with Crippen molar-refractivity contribution in [2.24, 2.45) is 11.5 Å². The van der Waals surface area contributed by atoms with E-state index in [0.717, 1.165) is 18.4 Å². The smallest absolute Gasteiger partial charge is 0.326 e. The Morgan fingerprint density at radius 3 is 2.42 bits per heavy atom. The summed E-state index contributed by atoms with van der Waals surface area (Å²) >= 11 is 0. The zero-order chi connectivity index (χ0) is 22.8. The van der Waals surface area contributed by atoms with Gasteiger partial charge in [-0.25, -0.2) is 4.79 Å². The van der Waals surface area contributed by atoms with Crippen LogP contribution < -0.4 is 16.8 Å². The molecular formula is C22H32N4O5.